The highest BCUT2D eigenvalue weighted by molar-refractivity contribution is 6.07. The lowest BCUT2D eigenvalue weighted by Crippen LogP contribution is -2.53. The summed E-state index contributed by atoms with van der Waals surface area (Å²) in [6, 6.07) is 7.33. The third kappa shape index (κ3) is 5.11. The maximum atomic E-state index is 14.6. The second-order valence-electron chi connectivity index (χ2n) is 9.64. The molecule has 0 bridgehead atoms. The van der Waals surface area contributed by atoms with Crippen molar-refractivity contribution < 1.29 is 46.5 Å². The summed E-state index contributed by atoms with van der Waals surface area (Å²) in [6.07, 6.45) is -2.34. The summed E-state index contributed by atoms with van der Waals surface area (Å²) >= 11 is 0. The Hall–Kier alpha value is -3.83. The predicted molar refractivity (Wildman–Crippen MR) is 124 cm³/mol. The van der Waals surface area contributed by atoms with Crippen LogP contribution in [0.15, 0.2) is 42.5 Å². The summed E-state index contributed by atoms with van der Waals surface area (Å²) in [5.41, 5.74) is 0.911. The van der Waals surface area contributed by atoms with Gasteiger partial charge in [0.1, 0.15) is 11.6 Å². The molecule has 0 spiro atoms. The lowest BCUT2D eigenvalue weighted by atomic mass is 9.81. The van der Waals surface area contributed by atoms with E-state index in [2.05, 4.69) is 4.74 Å². The fourth-order valence-corrected chi connectivity index (χ4v) is 5.64. The number of hydrogen-bond donors (Lipinski definition) is 1. The van der Waals surface area contributed by atoms with Crippen molar-refractivity contribution >= 4 is 23.7 Å². The molecule has 2 fully saturated rings. The van der Waals surface area contributed by atoms with Crippen LogP contribution in [0.25, 0.3) is 0 Å². The Morgan fingerprint density at radius 3 is 2.37 bits per heavy atom. The van der Waals surface area contributed by atoms with Crippen LogP contribution in [-0.4, -0.2) is 53.0 Å². The highest BCUT2D eigenvalue weighted by Gasteiger charge is 2.52. The number of amides is 2. The number of carboxylic acids is 1. The highest BCUT2D eigenvalue weighted by atomic mass is 19.4. The van der Waals surface area contributed by atoms with Crippen molar-refractivity contribution in [1.82, 2.24) is 4.90 Å². The van der Waals surface area contributed by atoms with Crippen molar-refractivity contribution in [2.75, 3.05) is 11.5 Å². The van der Waals surface area contributed by atoms with E-state index in [4.69, 9.17) is 9.84 Å². The average molecular weight is 536 g/mol. The second kappa shape index (κ2) is 9.80. The van der Waals surface area contributed by atoms with E-state index in [1.807, 2.05) is 0 Å². The normalized spacial score (nSPS) is 22.3. The molecule has 0 saturated heterocycles. The van der Waals surface area contributed by atoms with Crippen molar-refractivity contribution in [2.24, 2.45) is 5.92 Å². The zero-order valence-electron chi connectivity index (χ0n) is 20.0. The molecule has 3 atom stereocenters. The molecule has 202 valence electrons. The molecular formula is C26H24F4N2O6. The number of halogens is 4. The molecular weight excluding hydrogens is 512 g/mol. The summed E-state index contributed by atoms with van der Waals surface area (Å²) in [6.45, 7) is -0.808. The average Bonchev–Trinajstić information content (AvgIpc) is 3.57. The van der Waals surface area contributed by atoms with Gasteiger partial charge in [0.2, 0.25) is 0 Å². The van der Waals surface area contributed by atoms with E-state index in [1.54, 1.807) is 0 Å². The molecule has 2 aromatic carbocycles. The summed E-state index contributed by atoms with van der Waals surface area (Å²) in [7, 11) is 0. The number of anilines is 1. The molecule has 12 heteroatoms. The first kappa shape index (κ1) is 25.8. The maximum Gasteiger partial charge on any atom is 0.573 e. The van der Waals surface area contributed by atoms with Crippen LogP contribution in [0, 0.1) is 11.7 Å². The number of carbonyl (C=O) groups excluding carboxylic acids is 2. The minimum Gasteiger partial charge on any atom is -0.479 e. The van der Waals surface area contributed by atoms with Crippen LogP contribution in [0.5, 0.6) is 5.75 Å². The Morgan fingerprint density at radius 1 is 1.03 bits per heavy atom. The second-order valence-corrected chi connectivity index (χ2v) is 9.64. The van der Waals surface area contributed by atoms with Gasteiger partial charge in [-0.1, -0.05) is 6.42 Å². The molecule has 1 heterocycles. The van der Waals surface area contributed by atoms with Gasteiger partial charge in [-0.3, -0.25) is 9.69 Å². The Morgan fingerprint density at radius 2 is 1.74 bits per heavy atom. The summed E-state index contributed by atoms with van der Waals surface area (Å²) in [5, 5.41) is 8.98. The van der Waals surface area contributed by atoms with Crippen molar-refractivity contribution in [3.05, 3.63) is 59.4 Å². The molecule has 0 aromatic heterocycles. The smallest absolute Gasteiger partial charge is 0.479 e. The number of nitrogens with zero attached hydrogens (tertiary/aromatic N) is 2. The van der Waals surface area contributed by atoms with Crippen molar-refractivity contribution in [3.8, 4) is 5.75 Å². The van der Waals surface area contributed by atoms with Crippen LogP contribution in [-0.2, 0) is 9.53 Å². The largest absolute Gasteiger partial charge is 0.573 e. The number of benzene rings is 2. The van der Waals surface area contributed by atoms with E-state index >= 15 is 0 Å². The van der Waals surface area contributed by atoms with Gasteiger partial charge in [0.25, 0.3) is 5.91 Å². The number of ether oxygens (including phenoxy) is 2. The molecule has 3 aliphatic rings. The monoisotopic (exact) mass is 536 g/mol. The number of alkyl halides is 3. The first-order valence-electron chi connectivity index (χ1n) is 12.2. The predicted octanol–water partition coefficient (Wildman–Crippen LogP) is 5.28. The molecule has 2 aliphatic carbocycles. The Labute approximate surface area is 214 Å². The van der Waals surface area contributed by atoms with Gasteiger partial charge >= 0.3 is 18.4 Å². The van der Waals surface area contributed by atoms with E-state index in [0.717, 1.165) is 18.6 Å². The van der Waals surface area contributed by atoms with Gasteiger partial charge in [0.05, 0.1) is 6.04 Å². The highest BCUT2D eigenvalue weighted by Crippen LogP contribution is 2.53. The van der Waals surface area contributed by atoms with Crippen molar-refractivity contribution in [2.45, 2.75) is 56.6 Å². The molecule has 1 aliphatic heterocycles. The SMILES string of the molecule is O=C(O)COC(=O)N(C1CC1)[C@H]1c2cc(F)ccc2N(C(=O)c2ccc(OC(F)(F)F)cc2)[C@H]2CCC[C@@H]21. The maximum absolute atomic E-state index is 14.6. The van der Waals surface area contributed by atoms with Crippen LogP contribution in [0.1, 0.15) is 54.1 Å². The van der Waals surface area contributed by atoms with Crippen LogP contribution < -0.4 is 9.64 Å². The number of hydrogen-bond acceptors (Lipinski definition) is 5. The minimum atomic E-state index is -4.87. The van der Waals surface area contributed by atoms with Gasteiger partial charge < -0.3 is 19.5 Å². The van der Waals surface area contributed by atoms with Gasteiger partial charge in [-0.2, -0.15) is 0 Å². The molecule has 8 nitrogen and oxygen atoms in total. The molecule has 0 radical (unpaired) electrons. The van der Waals surface area contributed by atoms with Gasteiger partial charge in [0, 0.05) is 34.8 Å². The lowest BCUT2D eigenvalue weighted by Gasteiger charge is -2.47. The molecule has 2 saturated carbocycles. The zero-order chi connectivity index (χ0) is 27.2. The van der Waals surface area contributed by atoms with Crippen molar-refractivity contribution in [1.29, 1.82) is 0 Å². The number of carboxylic acid groups (broad SMARTS) is 1. The molecule has 38 heavy (non-hydrogen) atoms. The minimum absolute atomic E-state index is 0.124. The van der Waals surface area contributed by atoms with Gasteiger partial charge in [-0.05, 0) is 68.1 Å². The fraction of sp³-hybridized carbons (Fsp3) is 0.423. The first-order valence-corrected chi connectivity index (χ1v) is 12.2. The van der Waals surface area contributed by atoms with Crippen molar-refractivity contribution in [3.63, 3.8) is 0 Å². The molecule has 1 N–H and O–H groups in total. The van der Waals surface area contributed by atoms with Crippen LogP contribution >= 0.6 is 0 Å². The van der Waals surface area contributed by atoms with Gasteiger partial charge in [0.15, 0.2) is 6.61 Å². The molecule has 2 amide bonds. The summed E-state index contributed by atoms with van der Waals surface area (Å²) < 4.78 is 61.1. The van der Waals surface area contributed by atoms with E-state index < -0.39 is 48.5 Å². The first-order chi connectivity index (χ1) is 18.0. The standard InChI is InChI=1S/C26H24F4N2O6/c27-15-6-11-21-19(12-15)23(31(16-7-8-16)25(36)37-13-22(33)34)18-2-1-3-20(18)32(21)24(35)14-4-9-17(10-5-14)38-26(28,29)30/h4-6,9-12,16,18,20,23H,1-3,7-8,13H2,(H,33,34)/t18-,20-,23+/m0/s1. The molecule has 0 unspecified atom stereocenters. The Balaban J connectivity index is 1.52. The van der Waals surface area contributed by atoms with E-state index in [1.165, 1.54) is 40.1 Å². The van der Waals surface area contributed by atoms with E-state index in [0.29, 0.717) is 36.9 Å². The Bertz CT molecular complexity index is 1250. The third-order valence-corrected chi connectivity index (χ3v) is 7.16. The van der Waals surface area contributed by atoms with Gasteiger partial charge in [-0.25, -0.2) is 14.0 Å². The van der Waals surface area contributed by atoms with Crippen LogP contribution in [0.2, 0.25) is 0 Å². The van der Waals surface area contributed by atoms with Crippen LogP contribution in [0.4, 0.5) is 28.0 Å². The van der Waals surface area contributed by atoms with Gasteiger partial charge in [-0.15, -0.1) is 13.2 Å². The number of aliphatic carboxylic acids is 1. The number of fused-ring (bicyclic) bond motifs is 2. The Kier molecular flexibility index (Phi) is 6.66. The topological polar surface area (TPSA) is 96.4 Å². The van der Waals surface area contributed by atoms with E-state index in [9.17, 15) is 31.9 Å². The number of carbonyl (C=O) groups is 3. The zero-order valence-corrected chi connectivity index (χ0v) is 20.0. The quantitative estimate of drug-likeness (QED) is 0.505. The third-order valence-electron chi connectivity index (χ3n) is 7.16. The molecule has 5 rings (SSSR count). The molecule has 2 aromatic rings. The summed E-state index contributed by atoms with van der Waals surface area (Å²) in [4.78, 5) is 40.8. The number of rotatable bonds is 6. The van der Waals surface area contributed by atoms with Crippen LogP contribution in [0.3, 0.4) is 0 Å². The summed E-state index contributed by atoms with van der Waals surface area (Å²) in [5.74, 6) is -3.08. The lowest BCUT2D eigenvalue weighted by molar-refractivity contribution is -0.274. The van der Waals surface area contributed by atoms with E-state index in [-0.39, 0.29) is 23.6 Å². The fourth-order valence-electron chi connectivity index (χ4n) is 5.64.